The minimum Gasteiger partial charge on any atom is -0.495 e. The summed E-state index contributed by atoms with van der Waals surface area (Å²) in [5, 5.41) is 9.53. The van der Waals surface area contributed by atoms with Gasteiger partial charge in [-0.3, -0.25) is 0 Å². The smallest absolute Gasteiger partial charge is 0.170 e. The van der Waals surface area contributed by atoms with E-state index < -0.39 is 0 Å². The first-order valence-electron chi connectivity index (χ1n) is 6.10. The number of anilines is 1. The largest absolute Gasteiger partial charge is 0.495 e. The van der Waals surface area contributed by atoms with Gasteiger partial charge in [0.2, 0.25) is 0 Å². The minimum atomic E-state index is 0.558. The van der Waals surface area contributed by atoms with Crippen molar-refractivity contribution in [3.8, 4) is 5.75 Å². The van der Waals surface area contributed by atoms with Crippen molar-refractivity contribution in [1.82, 2.24) is 5.32 Å². The quantitative estimate of drug-likeness (QED) is 0.815. The van der Waals surface area contributed by atoms with Gasteiger partial charge in [0.05, 0.1) is 12.8 Å². The lowest BCUT2D eigenvalue weighted by molar-refractivity contribution is 0.417. The zero-order valence-electron chi connectivity index (χ0n) is 11.0. The maximum absolute atomic E-state index is 5.97. The second-order valence-electron chi connectivity index (χ2n) is 4.05. The van der Waals surface area contributed by atoms with E-state index in [1.54, 1.807) is 36.6 Å². The maximum Gasteiger partial charge on any atom is 0.170 e. The van der Waals surface area contributed by atoms with Gasteiger partial charge in [-0.15, -0.1) is 11.3 Å². The third kappa shape index (κ3) is 4.37. The monoisotopic (exact) mass is 326 g/mol. The average Bonchev–Trinajstić information content (AvgIpc) is 2.92. The highest BCUT2D eigenvalue weighted by atomic mass is 35.5. The Balaban J connectivity index is 1.86. The zero-order chi connectivity index (χ0) is 14.4. The van der Waals surface area contributed by atoms with Crippen LogP contribution in [0.4, 0.5) is 5.69 Å². The Morgan fingerprint density at radius 1 is 1.40 bits per heavy atom. The highest BCUT2D eigenvalue weighted by Crippen LogP contribution is 2.27. The van der Waals surface area contributed by atoms with Crippen LogP contribution in [0.3, 0.4) is 0 Å². The summed E-state index contributed by atoms with van der Waals surface area (Å²) in [5.74, 6) is 0.705. The Kier molecular flexibility index (Phi) is 5.64. The zero-order valence-corrected chi connectivity index (χ0v) is 13.4. The highest BCUT2D eigenvalue weighted by Gasteiger charge is 2.05. The van der Waals surface area contributed by atoms with Gasteiger partial charge in [0.25, 0.3) is 0 Å². The van der Waals surface area contributed by atoms with E-state index in [1.165, 1.54) is 4.88 Å². The molecule has 0 bridgehead atoms. The molecule has 0 atom stereocenters. The molecule has 0 saturated heterocycles. The maximum atomic E-state index is 5.97. The van der Waals surface area contributed by atoms with E-state index in [-0.39, 0.29) is 0 Å². The molecule has 0 aliphatic carbocycles. The number of rotatable bonds is 5. The minimum absolute atomic E-state index is 0.558. The SMILES string of the molecule is COc1ccc(Cl)cc1NC(=S)NCCc1cccs1. The predicted molar refractivity (Wildman–Crippen MR) is 90.3 cm³/mol. The molecule has 6 heteroatoms. The second kappa shape index (κ2) is 7.47. The van der Waals surface area contributed by atoms with Crippen molar-refractivity contribution in [3.63, 3.8) is 0 Å². The first kappa shape index (κ1) is 15.1. The van der Waals surface area contributed by atoms with E-state index >= 15 is 0 Å². The van der Waals surface area contributed by atoms with Crippen LogP contribution in [0.1, 0.15) is 4.88 Å². The van der Waals surface area contributed by atoms with Crippen LogP contribution in [0.25, 0.3) is 0 Å². The van der Waals surface area contributed by atoms with Crippen LogP contribution in [0, 0.1) is 0 Å². The molecule has 0 aliphatic rings. The normalized spacial score (nSPS) is 10.1. The lowest BCUT2D eigenvalue weighted by Crippen LogP contribution is -2.30. The van der Waals surface area contributed by atoms with E-state index in [0.29, 0.717) is 15.9 Å². The Morgan fingerprint density at radius 3 is 2.95 bits per heavy atom. The Hall–Kier alpha value is -1.30. The van der Waals surface area contributed by atoms with Crippen molar-refractivity contribution in [3.05, 3.63) is 45.6 Å². The molecule has 2 rings (SSSR count). The number of thiocarbonyl (C=S) groups is 1. The fraction of sp³-hybridized carbons (Fsp3) is 0.214. The molecule has 2 aromatic rings. The van der Waals surface area contributed by atoms with Crippen molar-refractivity contribution in [2.75, 3.05) is 19.0 Å². The molecule has 0 fully saturated rings. The fourth-order valence-electron chi connectivity index (χ4n) is 1.70. The van der Waals surface area contributed by atoms with Crippen molar-refractivity contribution >= 4 is 46.0 Å². The van der Waals surface area contributed by atoms with Gasteiger partial charge < -0.3 is 15.4 Å². The number of benzene rings is 1. The summed E-state index contributed by atoms with van der Waals surface area (Å²) in [6.07, 6.45) is 0.951. The van der Waals surface area contributed by atoms with Crippen LogP contribution in [-0.2, 0) is 6.42 Å². The molecule has 0 saturated carbocycles. The van der Waals surface area contributed by atoms with Crippen molar-refractivity contribution in [2.45, 2.75) is 6.42 Å². The highest BCUT2D eigenvalue weighted by molar-refractivity contribution is 7.80. The van der Waals surface area contributed by atoms with Crippen LogP contribution in [0.15, 0.2) is 35.7 Å². The average molecular weight is 327 g/mol. The predicted octanol–water partition coefficient (Wildman–Crippen LogP) is 3.94. The molecule has 1 aromatic heterocycles. The molecule has 0 radical (unpaired) electrons. The summed E-state index contributed by atoms with van der Waals surface area (Å²) in [6.45, 7) is 0.787. The van der Waals surface area contributed by atoms with Gasteiger partial charge in [-0.05, 0) is 48.3 Å². The number of methoxy groups -OCH3 is 1. The second-order valence-corrected chi connectivity index (χ2v) is 5.93. The lowest BCUT2D eigenvalue weighted by atomic mass is 10.3. The molecule has 0 amide bonds. The molecule has 0 aliphatic heterocycles. The first-order valence-corrected chi connectivity index (χ1v) is 7.76. The van der Waals surface area contributed by atoms with Crippen LogP contribution in [-0.4, -0.2) is 18.8 Å². The standard InChI is InChI=1S/C14H15ClN2OS2/c1-18-13-5-4-10(15)9-12(13)17-14(19)16-7-6-11-3-2-8-20-11/h2-5,8-9H,6-7H2,1H3,(H2,16,17,19). The molecule has 3 nitrogen and oxygen atoms in total. The van der Waals surface area contributed by atoms with Gasteiger partial charge in [-0.2, -0.15) is 0 Å². The Morgan fingerprint density at radius 2 is 2.25 bits per heavy atom. The van der Waals surface area contributed by atoms with E-state index in [0.717, 1.165) is 18.7 Å². The van der Waals surface area contributed by atoms with Crippen LogP contribution in [0.5, 0.6) is 5.75 Å². The van der Waals surface area contributed by atoms with Crippen LogP contribution in [0.2, 0.25) is 5.02 Å². The van der Waals surface area contributed by atoms with Crippen LogP contribution < -0.4 is 15.4 Å². The number of thiophene rings is 1. The van der Waals surface area contributed by atoms with Crippen molar-refractivity contribution in [1.29, 1.82) is 0 Å². The summed E-state index contributed by atoms with van der Waals surface area (Å²) in [6, 6.07) is 9.53. The molecular weight excluding hydrogens is 312 g/mol. The summed E-state index contributed by atoms with van der Waals surface area (Å²) in [7, 11) is 1.61. The van der Waals surface area contributed by atoms with Crippen LogP contribution >= 0.6 is 35.2 Å². The van der Waals surface area contributed by atoms with E-state index in [2.05, 4.69) is 22.1 Å². The molecule has 0 spiro atoms. The van der Waals surface area contributed by atoms with Gasteiger partial charge >= 0.3 is 0 Å². The summed E-state index contributed by atoms with van der Waals surface area (Å²) in [4.78, 5) is 1.33. The van der Waals surface area contributed by atoms with Crippen molar-refractivity contribution in [2.24, 2.45) is 0 Å². The van der Waals surface area contributed by atoms with E-state index in [1.807, 2.05) is 6.07 Å². The lowest BCUT2D eigenvalue weighted by Gasteiger charge is -2.13. The van der Waals surface area contributed by atoms with Gasteiger partial charge in [0.1, 0.15) is 5.75 Å². The summed E-state index contributed by atoms with van der Waals surface area (Å²) >= 11 is 13.0. The molecule has 1 heterocycles. The molecule has 2 N–H and O–H groups in total. The third-order valence-electron chi connectivity index (χ3n) is 2.65. The number of nitrogens with one attached hydrogen (secondary N) is 2. The number of hydrogen-bond donors (Lipinski definition) is 2. The van der Waals surface area contributed by atoms with Gasteiger partial charge in [0, 0.05) is 16.4 Å². The van der Waals surface area contributed by atoms with Gasteiger partial charge in [-0.1, -0.05) is 17.7 Å². The van der Waals surface area contributed by atoms with Crippen molar-refractivity contribution < 1.29 is 4.74 Å². The molecule has 20 heavy (non-hydrogen) atoms. The molecule has 106 valence electrons. The summed E-state index contributed by atoms with van der Waals surface area (Å²) in [5.41, 5.74) is 0.758. The Labute approximate surface area is 132 Å². The van der Waals surface area contributed by atoms with Gasteiger partial charge in [0.15, 0.2) is 5.11 Å². The Bertz CT molecular complexity index is 573. The molecule has 0 unspecified atom stereocenters. The molecular formula is C14H15ClN2OS2. The first-order chi connectivity index (χ1) is 9.69. The summed E-state index contributed by atoms with van der Waals surface area (Å²) < 4.78 is 5.26. The fourth-order valence-corrected chi connectivity index (χ4v) is 2.79. The van der Waals surface area contributed by atoms with Gasteiger partial charge in [-0.25, -0.2) is 0 Å². The number of halogens is 1. The van der Waals surface area contributed by atoms with E-state index in [4.69, 9.17) is 28.6 Å². The third-order valence-corrected chi connectivity index (χ3v) is 4.06. The number of hydrogen-bond acceptors (Lipinski definition) is 3. The topological polar surface area (TPSA) is 33.3 Å². The number of ether oxygens (including phenoxy) is 1. The van der Waals surface area contributed by atoms with E-state index in [9.17, 15) is 0 Å². The molecule has 1 aromatic carbocycles.